The Balaban J connectivity index is 1.60. The summed E-state index contributed by atoms with van der Waals surface area (Å²) < 4.78 is 28.4. The summed E-state index contributed by atoms with van der Waals surface area (Å²) in [5.74, 6) is 0.430. The van der Waals surface area contributed by atoms with Crippen LogP contribution in [-0.4, -0.2) is 67.1 Å². The third-order valence-electron chi connectivity index (χ3n) is 5.19. The molecule has 3 aliphatic rings. The molecule has 0 bridgehead atoms. The summed E-state index contributed by atoms with van der Waals surface area (Å²) in [5, 5.41) is 0. The zero-order valence-electron chi connectivity index (χ0n) is 13.2. The molecule has 0 aromatic rings. The SMILES string of the molecule is O=C(C1CCCC1)N1CCCN(S(=O)(=O)N2CCCC2)CC1. The van der Waals surface area contributed by atoms with E-state index in [1.54, 1.807) is 8.61 Å². The molecule has 1 aliphatic carbocycles. The first kappa shape index (κ1) is 16.2. The van der Waals surface area contributed by atoms with Gasteiger partial charge >= 0.3 is 0 Å². The van der Waals surface area contributed by atoms with Crippen molar-refractivity contribution in [3.8, 4) is 0 Å². The van der Waals surface area contributed by atoms with E-state index < -0.39 is 10.2 Å². The Labute approximate surface area is 133 Å². The molecule has 2 heterocycles. The van der Waals surface area contributed by atoms with E-state index in [-0.39, 0.29) is 11.8 Å². The first-order chi connectivity index (χ1) is 10.6. The summed E-state index contributed by atoms with van der Waals surface area (Å²) in [6, 6.07) is 0. The Bertz CT molecular complexity index is 496. The maximum Gasteiger partial charge on any atom is 0.282 e. The molecule has 1 amide bonds. The van der Waals surface area contributed by atoms with Crippen LogP contribution in [0.4, 0.5) is 0 Å². The minimum absolute atomic E-state index is 0.182. The number of carbonyl (C=O) groups excluding carboxylic acids is 1. The van der Waals surface area contributed by atoms with Crippen LogP contribution in [0.15, 0.2) is 0 Å². The van der Waals surface area contributed by atoms with Crippen molar-refractivity contribution in [2.75, 3.05) is 39.3 Å². The molecule has 0 aromatic heterocycles. The number of carbonyl (C=O) groups is 1. The van der Waals surface area contributed by atoms with Gasteiger partial charge in [0, 0.05) is 45.2 Å². The van der Waals surface area contributed by atoms with Crippen LogP contribution in [0.2, 0.25) is 0 Å². The van der Waals surface area contributed by atoms with Crippen molar-refractivity contribution in [1.29, 1.82) is 0 Å². The van der Waals surface area contributed by atoms with E-state index in [0.717, 1.165) is 44.9 Å². The van der Waals surface area contributed by atoms with Crippen molar-refractivity contribution in [2.24, 2.45) is 5.92 Å². The van der Waals surface area contributed by atoms with Gasteiger partial charge < -0.3 is 4.90 Å². The van der Waals surface area contributed by atoms with Crippen LogP contribution in [0.25, 0.3) is 0 Å². The zero-order chi connectivity index (χ0) is 15.6. The Morgan fingerprint density at radius 3 is 2.00 bits per heavy atom. The smallest absolute Gasteiger partial charge is 0.282 e. The van der Waals surface area contributed by atoms with Gasteiger partial charge in [0.1, 0.15) is 0 Å². The second-order valence-corrected chi connectivity index (χ2v) is 8.60. The predicted molar refractivity (Wildman–Crippen MR) is 84.5 cm³/mol. The van der Waals surface area contributed by atoms with Crippen molar-refractivity contribution >= 4 is 16.1 Å². The molecule has 2 aliphatic heterocycles. The number of hydrogen-bond acceptors (Lipinski definition) is 3. The molecule has 1 saturated carbocycles. The molecule has 6 nitrogen and oxygen atoms in total. The van der Waals surface area contributed by atoms with Gasteiger partial charge in [0.15, 0.2) is 0 Å². The molecule has 0 atom stereocenters. The average Bonchev–Trinajstić information content (AvgIpc) is 3.16. The van der Waals surface area contributed by atoms with E-state index in [0.29, 0.717) is 39.3 Å². The highest BCUT2D eigenvalue weighted by Gasteiger charge is 2.34. The van der Waals surface area contributed by atoms with Crippen LogP contribution < -0.4 is 0 Å². The van der Waals surface area contributed by atoms with E-state index in [1.165, 1.54) is 0 Å². The zero-order valence-corrected chi connectivity index (χ0v) is 14.1. The van der Waals surface area contributed by atoms with Gasteiger partial charge in [-0.05, 0) is 32.1 Å². The van der Waals surface area contributed by atoms with Gasteiger partial charge in [-0.2, -0.15) is 17.0 Å². The quantitative estimate of drug-likeness (QED) is 0.778. The number of hydrogen-bond donors (Lipinski definition) is 0. The van der Waals surface area contributed by atoms with Crippen molar-refractivity contribution in [3.63, 3.8) is 0 Å². The first-order valence-electron chi connectivity index (χ1n) is 8.63. The molecule has 22 heavy (non-hydrogen) atoms. The van der Waals surface area contributed by atoms with Crippen LogP contribution in [0, 0.1) is 5.92 Å². The minimum atomic E-state index is -3.32. The Morgan fingerprint density at radius 2 is 1.32 bits per heavy atom. The highest BCUT2D eigenvalue weighted by atomic mass is 32.2. The fourth-order valence-corrected chi connectivity index (χ4v) is 5.58. The molecule has 0 unspecified atom stereocenters. The molecule has 0 N–H and O–H groups in total. The third kappa shape index (κ3) is 3.31. The van der Waals surface area contributed by atoms with Gasteiger partial charge in [-0.1, -0.05) is 12.8 Å². The minimum Gasteiger partial charge on any atom is -0.341 e. The second kappa shape index (κ2) is 6.84. The summed E-state index contributed by atoms with van der Waals surface area (Å²) in [7, 11) is -3.32. The van der Waals surface area contributed by atoms with Gasteiger partial charge in [0.2, 0.25) is 5.91 Å². The normalized spacial score (nSPS) is 26.5. The topological polar surface area (TPSA) is 60.9 Å². The Hall–Kier alpha value is -0.660. The monoisotopic (exact) mass is 329 g/mol. The largest absolute Gasteiger partial charge is 0.341 e. The summed E-state index contributed by atoms with van der Waals surface area (Å²) >= 11 is 0. The molecular weight excluding hydrogens is 302 g/mol. The highest BCUT2D eigenvalue weighted by Crippen LogP contribution is 2.27. The van der Waals surface area contributed by atoms with Crippen LogP contribution in [0.5, 0.6) is 0 Å². The molecule has 0 aromatic carbocycles. The standard InChI is InChI=1S/C15H27N3O3S/c19-15(14-6-1-2-7-14)16-8-5-11-18(13-12-16)22(20,21)17-9-3-4-10-17/h14H,1-13H2. The summed E-state index contributed by atoms with van der Waals surface area (Å²) in [5.41, 5.74) is 0. The lowest BCUT2D eigenvalue weighted by Crippen LogP contribution is -2.44. The van der Waals surface area contributed by atoms with Gasteiger partial charge in [-0.25, -0.2) is 0 Å². The van der Waals surface area contributed by atoms with Gasteiger partial charge in [0.05, 0.1) is 0 Å². The fraction of sp³-hybridized carbons (Fsp3) is 0.933. The van der Waals surface area contributed by atoms with Gasteiger partial charge in [-0.15, -0.1) is 0 Å². The lowest BCUT2D eigenvalue weighted by atomic mass is 10.1. The van der Waals surface area contributed by atoms with Crippen LogP contribution in [-0.2, 0) is 15.0 Å². The van der Waals surface area contributed by atoms with Gasteiger partial charge in [-0.3, -0.25) is 4.79 Å². The lowest BCUT2D eigenvalue weighted by molar-refractivity contribution is -0.135. The summed E-state index contributed by atoms with van der Waals surface area (Å²) in [6.07, 6.45) is 6.97. The van der Waals surface area contributed by atoms with Crippen molar-refractivity contribution in [1.82, 2.24) is 13.5 Å². The molecule has 3 fully saturated rings. The number of rotatable bonds is 3. The molecule has 0 radical (unpaired) electrons. The predicted octanol–water partition coefficient (Wildman–Crippen LogP) is 1.05. The first-order valence-corrected chi connectivity index (χ1v) is 10.0. The molecule has 7 heteroatoms. The number of amides is 1. The van der Waals surface area contributed by atoms with Crippen LogP contribution >= 0.6 is 0 Å². The molecule has 0 spiro atoms. The molecular formula is C15H27N3O3S. The molecule has 126 valence electrons. The Kier molecular flexibility index (Phi) is 5.04. The van der Waals surface area contributed by atoms with E-state index in [1.807, 2.05) is 4.90 Å². The van der Waals surface area contributed by atoms with Crippen LogP contribution in [0.1, 0.15) is 44.9 Å². The van der Waals surface area contributed by atoms with E-state index >= 15 is 0 Å². The molecule has 2 saturated heterocycles. The molecule has 3 rings (SSSR count). The van der Waals surface area contributed by atoms with E-state index in [4.69, 9.17) is 0 Å². The maximum atomic E-state index is 12.6. The maximum absolute atomic E-state index is 12.6. The lowest BCUT2D eigenvalue weighted by Gasteiger charge is -2.26. The number of nitrogens with zero attached hydrogens (tertiary/aromatic N) is 3. The van der Waals surface area contributed by atoms with Crippen molar-refractivity contribution in [3.05, 3.63) is 0 Å². The third-order valence-corrected chi connectivity index (χ3v) is 7.22. The highest BCUT2D eigenvalue weighted by molar-refractivity contribution is 7.86. The van der Waals surface area contributed by atoms with Crippen molar-refractivity contribution in [2.45, 2.75) is 44.9 Å². The fourth-order valence-electron chi connectivity index (χ4n) is 3.86. The second-order valence-electron chi connectivity index (χ2n) is 6.67. The Morgan fingerprint density at radius 1 is 0.727 bits per heavy atom. The van der Waals surface area contributed by atoms with Crippen LogP contribution in [0.3, 0.4) is 0 Å². The van der Waals surface area contributed by atoms with E-state index in [2.05, 4.69) is 0 Å². The summed E-state index contributed by atoms with van der Waals surface area (Å²) in [4.78, 5) is 14.4. The average molecular weight is 329 g/mol. The van der Waals surface area contributed by atoms with Crippen molar-refractivity contribution < 1.29 is 13.2 Å². The summed E-state index contributed by atoms with van der Waals surface area (Å²) in [6.45, 7) is 3.50. The van der Waals surface area contributed by atoms with E-state index in [9.17, 15) is 13.2 Å². The van der Waals surface area contributed by atoms with Gasteiger partial charge in [0.25, 0.3) is 10.2 Å².